The highest BCUT2D eigenvalue weighted by atomic mass is 28.3. The number of hydrogen-bond donors (Lipinski definition) is 1. The summed E-state index contributed by atoms with van der Waals surface area (Å²) in [6.07, 6.45) is 2.65. The van der Waals surface area contributed by atoms with Gasteiger partial charge in [-0.2, -0.15) is 0 Å². The fourth-order valence-electron chi connectivity index (χ4n) is 1.74. The van der Waals surface area contributed by atoms with Crippen LogP contribution in [0, 0.1) is 11.5 Å². The zero-order valence-electron chi connectivity index (χ0n) is 11.7. The minimum Gasteiger partial charge on any atom is -0.498 e. The van der Waals surface area contributed by atoms with Gasteiger partial charge in [0.25, 0.3) is 0 Å². The van der Waals surface area contributed by atoms with Gasteiger partial charge >= 0.3 is 0 Å². The predicted molar refractivity (Wildman–Crippen MR) is 74.6 cm³/mol. The molecular formula is C14H22O3Si. The van der Waals surface area contributed by atoms with E-state index in [9.17, 15) is 9.90 Å². The van der Waals surface area contributed by atoms with Crippen LogP contribution in [0.2, 0.25) is 19.6 Å². The van der Waals surface area contributed by atoms with E-state index < -0.39 is 13.7 Å². The minimum atomic E-state index is -1.45. The summed E-state index contributed by atoms with van der Waals surface area (Å²) in [5, 5.41) is 10.3. The molecule has 0 spiro atoms. The van der Waals surface area contributed by atoms with Crippen LogP contribution >= 0.6 is 0 Å². The van der Waals surface area contributed by atoms with Gasteiger partial charge < -0.3 is 9.84 Å². The molecule has 3 nitrogen and oxygen atoms in total. The van der Waals surface area contributed by atoms with E-state index in [4.69, 9.17) is 4.74 Å². The molecule has 18 heavy (non-hydrogen) atoms. The Bertz CT molecular complexity index is 409. The van der Waals surface area contributed by atoms with Gasteiger partial charge in [0.15, 0.2) is 5.78 Å². The number of aliphatic hydroxyl groups is 1. The third-order valence-electron chi connectivity index (χ3n) is 2.71. The van der Waals surface area contributed by atoms with Gasteiger partial charge in [-0.1, -0.05) is 19.6 Å². The maximum atomic E-state index is 11.9. The molecule has 1 aliphatic rings. The van der Waals surface area contributed by atoms with Crippen molar-refractivity contribution < 1.29 is 14.6 Å². The minimum absolute atomic E-state index is 0.228. The van der Waals surface area contributed by atoms with Crippen LogP contribution in [0.5, 0.6) is 0 Å². The van der Waals surface area contributed by atoms with Crippen molar-refractivity contribution in [1.29, 1.82) is 0 Å². The largest absolute Gasteiger partial charge is 0.498 e. The molecule has 0 fully saturated rings. The van der Waals surface area contributed by atoms with Crippen LogP contribution < -0.4 is 0 Å². The average molecular weight is 266 g/mol. The maximum absolute atomic E-state index is 11.9. The van der Waals surface area contributed by atoms with E-state index in [2.05, 4.69) is 31.1 Å². The standard InChI is InChI=1S/C14H22O3Si/c1-5-17-12-7-9-14(16,13(15)11-12)8-6-10-18(2,3)4/h11,16H,5,7-9H2,1-4H3. The lowest BCUT2D eigenvalue weighted by molar-refractivity contribution is -0.133. The summed E-state index contributed by atoms with van der Waals surface area (Å²) >= 11 is 0. The first kappa shape index (κ1) is 15.0. The van der Waals surface area contributed by atoms with Gasteiger partial charge in [0.05, 0.1) is 12.4 Å². The fourth-order valence-corrected chi connectivity index (χ4v) is 2.35. The van der Waals surface area contributed by atoms with Gasteiger partial charge in [0.2, 0.25) is 0 Å². The Balaban J connectivity index is 2.71. The van der Waals surface area contributed by atoms with E-state index in [1.165, 1.54) is 6.08 Å². The van der Waals surface area contributed by atoms with Gasteiger partial charge in [-0.25, -0.2) is 0 Å². The molecule has 0 aromatic rings. The van der Waals surface area contributed by atoms with Crippen molar-refractivity contribution in [2.24, 2.45) is 0 Å². The first-order chi connectivity index (χ1) is 8.27. The molecule has 0 heterocycles. The molecule has 0 saturated carbocycles. The summed E-state index contributed by atoms with van der Waals surface area (Å²) in [6.45, 7) is 8.85. The van der Waals surface area contributed by atoms with Gasteiger partial charge in [0, 0.05) is 18.9 Å². The number of carbonyl (C=O) groups is 1. The molecule has 1 unspecified atom stereocenters. The zero-order valence-corrected chi connectivity index (χ0v) is 12.7. The molecule has 0 aromatic carbocycles. The highest BCUT2D eigenvalue weighted by molar-refractivity contribution is 6.83. The van der Waals surface area contributed by atoms with Crippen molar-refractivity contribution in [1.82, 2.24) is 0 Å². The van der Waals surface area contributed by atoms with Crippen LogP contribution in [0.15, 0.2) is 11.8 Å². The Kier molecular flexibility index (Phi) is 4.77. The van der Waals surface area contributed by atoms with Crippen LogP contribution in [0.1, 0.15) is 26.2 Å². The summed E-state index contributed by atoms with van der Waals surface area (Å²) in [5.41, 5.74) is 1.86. The first-order valence-corrected chi connectivity index (χ1v) is 9.87. The first-order valence-electron chi connectivity index (χ1n) is 6.37. The molecule has 100 valence electrons. The number of hydrogen-bond acceptors (Lipinski definition) is 3. The number of rotatable bonds is 3. The second-order valence-electron chi connectivity index (χ2n) is 5.67. The molecule has 1 rings (SSSR count). The second-order valence-corrected chi connectivity index (χ2v) is 10.4. The van der Waals surface area contributed by atoms with Gasteiger partial charge in [0.1, 0.15) is 13.7 Å². The molecule has 0 saturated heterocycles. The van der Waals surface area contributed by atoms with Gasteiger partial charge in [-0.15, -0.1) is 11.5 Å². The Morgan fingerprint density at radius 2 is 2.17 bits per heavy atom. The summed E-state index contributed by atoms with van der Waals surface area (Å²) in [6, 6.07) is 0. The number of ether oxygens (including phenoxy) is 1. The number of allylic oxidation sites excluding steroid dienone is 1. The molecule has 1 atom stereocenters. The lowest BCUT2D eigenvalue weighted by atomic mass is 9.85. The molecule has 0 amide bonds. The van der Waals surface area contributed by atoms with E-state index in [0.717, 1.165) is 0 Å². The Morgan fingerprint density at radius 1 is 1.50 bits per heavy atom. The summed E-state index contributed by atoms with van der Waals surface area (Å²) in [4.78, 5) is 11.9. The van der Waals surface area contributed by atoms with Crippen molar-refractivity contribution in [3.05, 3.63) is 11.8 Å². The van der Waals surface area contributed by atoms with Crippen LogP contribution in [0.3, 0.4) is 0 Å². The molecule has 0 bridgehead atoms. The van der Waals surface area contributed by atoms with E-state index in [0.29, 0.717) is 25.2 Å². The van der Waals surface area contributed by atoms with Crippen molar-refractivity contribution in [2.75, 3.05) is 6.61 Å². The highest BCUT2D eigenvalue weighted by Gasteiger charge is 2.37. The normalized spacial score (nSPS) is 24.1. The molecule has 0 aliphatic heterocycles. The highest BCUT2D eigenvalue weighted by Crippen LogP contribution is 2.27. The smallest absolute Gasteiger partial charge is 0.191 e. The van der Waals surface area contributed by atoms with Crippen LogP contribution in [0.25, 0.3) is 0 Å². The molecule has 4 heteroatoms. The topological polar surface area (TPSA) is 46.5 Å². The van der Waals surface area contributed by atoms with E-state index in [1.807, 2.05) is 6.92 Å². The number of ketones is 1. The van der Waals surface area contributed by atoms with Crippen LogP contribution in [-0.4, -0.2) is 31.2 Å². The van der Waals surface area contributed by atoms with Crippen molar-refractivity contribution in [2.45, 2.75) is 51.4 Å². The molecule has 0 radical (unpaired) electrons. The second kappa shape index (κ2) is 5.72. The van der Waals surface area contributed by atoms with Gasteiger partial charge in [-0.3, -0.25) is 4.79 Å². The fraction of sp³-hybridized carbons (Fsp3) is 0.643. The molecular weight excluding hydrogens is 244 g/mol. The van der Waals surface area contributed by atoms with Crippen molar-refractivity contribution in [3.63, 3.8) is 0 Å². The third kappa shape index (κ3) is 4.32. The van der Waals surface area contributed by atoms with Gasteiger partial charge in [-0.05, 0) is 13.3 Å². The molecule has 1 aliphatic carbocycles. The van der Waals surface area contributed by atoms with E-state index in [-0.39, 0.29) is 12.2 Å². The Labute approximate surface area is 110 Å². The zero-order chi connectivity index (χ0) is 13.8. The van der Waals surface area contributed by atoms with E-state index >= 15 is 0 Å². The van der Waals surface area contributed by atoms with Crippen LogP contribution in [0.4, 0.5) is 0 Å². The SMILES string of the molecule is CCOC1=CC(=O)C(O)(CC#C[Si](C)(C)C)CC1. The van der Waals surface area contributed by atoms with Crippen molar-refractivity contribution >= 4 is 13.9 Å². The monoisotopic (exact) mass is 266 g/mol. The summed E-state index contributed by atoms with van der Waals surface area (Å²) in [5.74, 6) is 3.38. The predicted octanol–water partition coefficient (Wildman–Crippen LogP) is 2.27. The maximum Gasteiger partial charge on any atom is 0.191 e. The average Bonchev–Trinajstić information content (AvgIpc) is 2.23. The number of carbonyl (C=O) groups excluding carboxylic acids is 1. The quantitative estimate of drug-likeness (QED) is 0.629. The summed E-state index contributed by atoms with van der Waals surface area (Å²) < 4.78 is 5.31. The van der Waals surface area contributed by atoms with E-state index in [1.54, 1.807) is 0 Å². The summed E-state index contributed by atoms with van der Waals surface area (Å²) in [7, 11) is -1.45. The Morgan fingerprint density at radius 3 is 2.67 bits per heavy atom. The lowest BCUT2D eigenvalue weighted by Gasteiger charge is -2.28. The lowest BCUT2D eigenvalue weighted by Crippen LogP contribution is -2.40. The third-order valence-corrected chi connectivity index (χ3v) is 3.64. The Hall–Kier alpha value is -1.05. The molecule has 0 aromatic heterocycles. The molecule has 1 N–H and O–H groups in total. The van der Waals surface area contributed by atoms with Crippen molar-refractivity contribution in [3.8, 4) is 11.5 Å². The van der Waals surface area contributed by atoms with Crippen LogP contribution in [-0.2, 0) is 9.53 Å².